The molecule has 0 spiro atoms. The second kappa shape index (κ2) is 6.18. The molecule has 0 radical (unpaired) electrons. The molecule has 25 heavy (non-hydrogen) atoms. The van der Waals surface area contributed by atoms with Crippen LogP contribution in [0, 0.1) is 6.92 Å². The molecule has 4 rings (SSSR count). The van der Waals surface area contributed by atoms with E-state index in [2.05, 4.69) is 36.3 Å². The summed E-state index contributed by atoms with van der Waals surface area (Å²) in [7, 11) is 0. The molecule has 0 unspecified atom stereocenters. The predicted molar refractivity (Wildman–Crippen MR) is 98.8 cm³/mol. The van der Waals surface area contributed by atoms with Gasteiger partial charge in [0.25, 0.3) is 5.91 Å². The van der Waals surface area contributed by atoms with E-state index in [1.54, 1.807) is 16.8 Å². The van der Waals surface area contributed by atoms with E-state index in [-0.39, 0.29) is 5.91 Å². The number of para-hydroxylation sites is 2. The van der Waals surface area contributed by atoms with Gasteiger partial charge in [-0.1, -0.05) is 34.1 Å². The lowest BCUT2D eigenvalue weighted by atomic mass is 10.2. The summed E-state index contributed by atoms with van der Waals surface area (Å²) in [6, 6.07) is 16.9. The van der Waals surface area contributed by atoms with Crippen molar-refractivity contribution in [2.24, 2.45) is 0 Å². The fourth-order valence-corrected chi connectivity index (χ4v) is 3.06. The summed E-state index contributed by atoms with van der Waals surface area (Å²) in [6.45, 7) is 1.92. The zero-order chi connectivity index (χ0) is 17.4. The van der Waals surface area contributed by atoms with Gasteiger partial charge in [-0.2, -0.15) is 0 Å². The molecule has 0 aliphatic carbocycles. The van der Waals surface area contributed by atoms with Crippen LogP contribution in [0.4, 0.5) is 5.82 Å². The van der Waals surface area contributed by atoms with Crippen molar-refractivity contribution in [3.8, 4) is 5.95 Å². The topological polar surface area (TPSA) is 77.5 Å². The number of aromatic amines is 2. The van der Waals surface area contributed by atoms with Gasteiger partial charge in [0.15, 0.2) is 5.52 Å². The largest absolute Gasteiger partial charge is 0.374 e. The molecule has 2 aromatic carbocycles. The van der Waals surface area contributed by atoms with Crippen molar-refractivity contribution < 1.29 is 9.48 Å². The third-order valence-corrected chi connectivity index (χ3v) is 4.29. The number of aromatic nitrogens is 4. The van der Waals surface area contributed by atoms with E-state index in [4.69, 9.17) is 0 Å². The number of imidazole rings is 1. The monoisotopic (exact) mass is 396 g/mol. The molecule has 0 bridgehead atoms. The van der Waals surface area contributed by atoms with Crippen LogP contribution in [0.1, 0.15) is 16.1 Å². The Kier molecular flexibility index (Phi) is 3.85. The molecule has 4 aromatic rings. The number of halogens is 1. The van der Waals surface area contributed by atoms with Crippen molar-refractivity contribution in [3.05, 3.63) is 70.3 Å². The Morgan fingerprint density at radius 3 is 2.80 bits per heavy atom. The Morgan fingerprint density at radius 2 is 2.00 bits per heavy atom. The number of amides is 1. The van der Waals surface area contributed by atoms with E-state index in [0.717, 1.165) is 21.2 Å². The second-order valence-corrected chi connectivity index (χ2v) is 6.62. The minimum atomic E-state index is -0.190. The predicted octanol–water partition coefficient (Wildman–Crippen LogP) is 3.49. The highest BCUT2D eigenvalue weighted by atomic mass is 79.9. The Labute approximate surface area is 152 Å². The van der Waals surface area contributed by atoms with E-state index < -0.39 is 0 Å². The molecule has 1 amide bonds. The number of hydrogen-bond acceptors (Lipinski definition) is 2. The van der Waals surface area contributed by atoms with Crippen molar-refractivity contribution in [2.45, 2.75) is 6.92 Å². The van der Waals surface area contributed by atoms with Gasteiger partial charge in [-0.3, -0.25) is 20.2 Å². The molecular weight excluding hydrogens is 382 g/mol. The number of carbonyl (C=O) groups is 1. The molecule has 7 heteroatoms. The van der Waals surface area contributed by atoms with Gasteiger partial charge in [0.05, 0.1) is 5.56 Å². The van der Waals surface area contributed by atoms with Gasteiger partial charge in [-0.25, -0.2) is 0 Å². The number of fused-ring (bicyclic) bond motifs is 1. The number of aryl methyl sites for hydroxylation is 1. The zero-order valence-electron chi connectivity index (χ0n) is 13.4. The van der Waals surface area contributed by atoms with Gasteiger partial charge in [-0.05, 0) is 37.3 Å². The number of nitrogens with one attached hydrogen (secondary N) is 3. The third-order valence-electron chi connectivity index (χ3n) is 3.80. The average Bonchev–Trinajstić information content (AvgIpc) is 3.17. The number of anilines is 1. The first kappa shape index (κ1) is 15.6. The zero-order valence-corrected chi connectivity index (χ0v) is 15.0. The lowest BCUT2D eigenvalue weighted by Gasteiger charge is -2.02. The minimum absolute atomic E-state index is 0.190. The molecule has 2 aromatic heterocycles. The second-order valence-electron chi connectivity index (χ2n) is 5.70. The van der Waals surface area contributed by atoms with Crippen LogP contribution in [0.2, 0.25) is 0 Å². The lowest BCUT2D eigenvalue weighted by molar-refractivity contribution is -0.648. The fraction of sp³-hybridized carbons (Fsp3) is 0.0556. The summed E-state index contributed by atoms with van der Waals surface area (Å²) in [4.78, 5) is 20.4. The molecule has 0 atom stereocenters. The van der Waals surface area contributed by atoms with Gasteiger partial charge < -0.3 is 0 Å². The van der Waals surface area contributed by atoms with Crippen LogP contribution in [0.3, 0.4) is 0 Å². The Morgan fingerprint density at radius 1 is 1.16 bits per heavy atom. The maximum Gasteiger partial charge on any atom is 0.374 e. The Hall–Kier alpha value is -2.93. The number of nitrogens with zero attached hydrogens (tertiary/aromatic N) is 2. The first-order valence-corrected chi connectivity index (χ1v) is 8.53. The first-order chi connectivity index (χ1) is 12.1. The van der Waals surface area contributed by atoms with Crippen LogP contribution in [-0.4, -0.2) is 21.0 Å². The van der Waals surface area contributed by atoms with Crippen LogP contribution < -0.4 is 10.00 Å². The first-order valence-electron chi connectivity index (χ1n) is 7.74. The van der Waals surface area contributed by atoms with Crippen LogP contribution in [0.15, 0.2) is 59.1 Å². The van der Waals surface area contributed by atoms with Gasteiger partial charge in [0.1, 0.15) is 5.52 Å². The summed E-state index contributed by atoms with van der Waals surface area (Å²) < 4.78 is 2.58. The number of benzene rings is 2. The van der Waals surface area contributed by atoms with Crippen molar-refractivity contribution in [1.29, 1.82) is 0 Å². The van der Waals surface area contributed by atoms with Crippen LogP contribution in [-0.2, 0) is 0 Å². The average molecular weight is 397 g/mol. The van der Waals surface area contributed by atoms with Gasteiger partial charge >= 0.3 is 5.95 Å². The molecule has 3 N–H and O–H groups in total. The summed E-state index contributed by atoms with van der Waals surface area (Å²) in [5.74, 6) is 1.03. The van der Waals surface area contributed by atoms with Crippen LogP contribution in [0.25, 0.3) is 17.0 Å². The molecule has 124 valence electrons. The van der Waals surface area contributed by atoms with E-state index in [1.165, 1.54) is 0 Å². The molecular formula is C18H15BrN5O+. The highest BCUT2D eigenvalue weighted by Crippen LogP contribution is 2.15. The van der Waals surface area contributed by atoms with Crippen molar-refractivity contribution >= 4 is 38.7 Å². The standard InChI is InChI=1S/C18H14BrN5O/c1-11-9-16(22-17(25)12-5-4-6-13(19)10-12)24(23-11)18-20-14-7-2-3-8-15(14)21-18/h2-10H,1H3,(H2,20,21,22,23,25)/p+1. The van der Waals surface area contributed by atoms with E-state index >= 15 is 0 Å². The number of rotatable bonds is 3. The van der Waals surface area contributed by atoms with E-state index in [9.17, 15) is 4.79 Å². The smallest absolute Gasteiger partial charge is 0.258 e. The molecule has 0 aliphatic rings. The normalized spacial score (nSPS) is 11.0. The lowest BCUT2D eigenvalue weighted by Crippen LogP contribution is -2.38. The van der Waals surface area contributed by atoms with Crippen LogP contribution >= 0.6 is 15.9 Å². The van der Waals surface area contributed by atoms with Gasteiger partial charge in [-0.15, -0.1) is 9.67 Å². The fourth-order valence-electron chi connectivity index (χ4n) is 2.66. The molecule has 0 saturated heterocycles. The van der Waals surface area contributed by atoms with E-state index in [0.29, 0.717) is 17.3 Å². The van der Waals surface area contributed by atoms with E-state index in [1.807, 2.05) is 49.4 Å². The molecule has 0 aliphatic heterocycles. The highest BCUT2D eigenvalue weighted by molar-refractivity contribution is 9.10. The number of hydrogen-bond donors (Lipinski definition) is 3. The van der Waals surface area contributed by atoms with Gasteiger partial charge in [0.2, 0.25) is 5.82 Å². The molecule has 6 nitrogen and oxygen atoms in total. The van der Waals surface area contributed by atoms with Crippen molar-refractivity contribution in [1.82, 2.24) is 15.1 Å². The van der Waals surface area contributed by atoms with Crippen molar-refractivity contribution in [3.63, 3.8) is 0 Å². The quantitative estimate of drug-likeness (QED) is 0.463. The highest BCUT2D eigenvalue weighted by Gasteiger charge is 2.20. The molecule has 0 fully saturated rings. The van der Waals surface area contributed by atoms with Crippen LogP contribution in [0.5, 0.6) is 0 Å². The summed E-state index contributed by atoms with van der Waals surface area (Å²) in [5, 5.41) is 6.12. The number of H-pyrrole nitrogens is 2. The summed E-state index contributed by atoms with van der Waals surface area (Å²) >= 11 is 3.38. The summed E-state index contributed by atoms with van der Waals surface area (Å²) in [5.41, 5.74) is 3.28. The minimum Gasteiger partial charge on any atom is -0.258 e. The third kappa shape index (κ3) is 3.06. The maximum atomic E-state index is 12.5. The van der Waals surface area contributed by atoms with Crippen molar-refractivity contribution in [2.75, 3.05) is 5.32 Å². The number of carbonyl (C=O) groups excluding carboxylic acids is 1. The maximum absolute atomic E-state index is 12.5. The Balaban J connectivity index is 1.70. The molecule has 2 heterocycles. The summed E-state index contributed by atoms with van der Waals surface area (Å²) in [6.07, 6.45) is 0. The Bertz CT molecular complexity index is 1050. The van der Waals surface area contributed by atoms with Gasteiger partial charge in [0, 0.05) is 16.2 Å². The SMILES string of the molecule is Cc1cc(NC(=O)c2cccc(Br)c2)[n+](-c2nc3ccccc3[nH]2)[nH]1. The molecule has 0 saturated carbocycles.